The highest BCUT2D eigenvalue weighted by atomic mass is 19.1. The van der Waals surface area contributed by atoms with Crippen LogP contribution >= 0.6 is 0 Å². The molecule has 2 atom stereocenters. The van der Waals surface area contributed by atoms with Crippen molar-refractivity contribution in [3.8, 4) is 16.9 Å². The van der Waals surface area contributed by atoms with Crippen molar-refractivity contribution in [2.75, 3.05) is 7.11 Å². The summed E-state index contributed by atoms with van der Waals surface area (Å²) in [5, 5.41) is 12.8. The lowest BCUT2D eigenvalue weighted by Crippen LogP contribution is -2.46. The maximum absolute atomic E-state index is 15.0. The number of rotatable bonds is 4. The van der Waals surface area contributed by atoms with Crippen LogP contribution in [0.4, 0.5) is 4.39 Å². The van der Waals surface area contributed by atoms with Crippen LogP contribution in [-0.4, -0.2) is 23.9 Å². The first-order chi connectivity index (χ1) is 17.3. The minimum atomic E-state index is -0.768. The van der Waals surface area contributed by atoms with E-state index in [1.807, 2.05) is 24.3 Å². The number of dihydropyridines is 1. The number of ketones is 1. The van der Waals surface area contributed by atoms with Gasteiger partial charge in [-0.3, -0.25) is 9.78 Å². The average Bonchev–Trinajstić information content (AvgIpc) is 3.19. The number of nitrogens with one attached hydrogen (secondary N) is 1. The standard InChI is InChI=1S/C30H35FN4O2/c1-28(2,3)12-21-26-27(35-34-21)33-20-13-29(4,5)14-22(36)25(20)30(26,6)18-10-8-9-17(11-18)24-19(31)15-32-16-23(24)37-7/h8-11,15-16,21,33H,12-14H2,1-7H3/t21?,30-/m1/s1. The highest BCUT2D eigenvalue weighted by Gasteiger charge is 2.52. The molecule has 0 amide bonds. The first-order valence-corrected chi connectivity index (χ1v) is 12.8. The van der Waals surface area contributed by atoms with Gasteiger partial charge in [0.05, 0.1) is 31.1 Å². The smallest absolute Gasteiger partial charge is 0.162 e. The molecular weight excluding hydrogens is 467 g/mol. The Morgan fingerprint density at radius 1 is 1.16 bits per heavy atom. The molecular formula is C30H35FN4O2. The predicted octanol–water partition coefficient (Wildman–Crippen LogP) is 6.88. The Labute approximate surface area is 218 Å². The van der Waals surface area contributed by atoms with Gasteiger partial charge in [0.15, 0.2) is 17.4 Å². The monoisotopic (exact) mass is 502 g/mol. The summed E-state index contributed by atoms with van der Waals surface area (Å²) in [6.45, 7) is 12.9. The SMILES string of the molecule is COc1cncc(F)c1-c1cccc([C@]2(C)C3=C(CC(C)(C)CC3=O)NC3=C2C(CC(C)(C)C)N=N3)c1. The number of aromatic nitrogens is 1. The van der Waals surface area contributed by atoms with Crippen molar-refractivity contribution < 1.29 is 13.9 Å². The van der Waals surface area contributed by atoms with E-state index < -0.39 is 11.2 Å². The third-order valence-corrected chi connectivity index (χ3v) is 7.69. The number of Topliss-reactive ketones (excluding diaryl/α,β-unsaturated/α-hetero) is 1. The zero-order valence-corrected chi connectivity index (χ0v) is 22.7. The summed E-state index contributed by atoms with van der Waals surface area (Å²) in [6.07, 6.45) is 4.71. The number of benzene rings is 1. The van der Waals surface area contributed by atoms with Crippen molar-refractivity contribution in [1.29, 1.82) is 0 Å². The summed E-state index contributed by atoms with van der Waals surface area (Å²) in [6, 6.07) is 7.61. The van der Waals surface area contributed by atoms with E-state index in [2.05, 4.69) is 57.0 Å². The normalized spacial score (nSPS) is 24.6. The second-order valence-corrected chi connectivity index (χ2v) is 12.6. The Hall–Kier alpha value is -3.35. The number of ether oxygens (including phenoxy) is 1. The highest BCUT2D eigenvalue weighted by Crippen LogP contribution is 2.54. The van der Waals surface area contributed by atoms with Gasteiger partial charge in [-0.05, 0) is 47.8 Å². The first-order valence-electron chi connectivity index (χ1n) is 12.8. The van der Waals surface area contributed by atoms with Crippen LogP contribution in [0.25, 0.3) is 11.1 Å². The third kappa shape index (κ3) is 4.28. The summed E-state index contributed by atoms with van der Waals surface area (Å²) < 4.78 is 20.5. The Balaban J connectivity index is 1.73. The lowest BCUT2D eigenvalue weighted by Gasteiger charge is -2.45. The number of hydrogen-bond donors (Lipinski definition) is 1. The fraction of sp³-hybridized carbons (Fsp3) is 0.467. The van der Waals surface area contributed by atoms with Gasteiger partial charge in [-0.1, -0.05) is 52.8 Å². The van der Waals surface area contributed by atoms with Gasteiger partial charge in [0, 0.05) is 28.7 Å². The molecule has 1 unspecified atom stereocenters. The minimum absolute atomic E-state index is 0.00957. The number of azo groups is 1. The lowest BCUT2D eigenvalue weighted by molar-refractivity contribution is -0.118. The van der Waals surface area contributed by atoms with Crippen molar-refractivity contribution >= 4 is 5.78 Å². The van der Waals surface area contributed by atoms with Crippen LogP contribution in [0.3, 0.4) is 0 Å². The zero-order chi connectivity index (χ0) is 26.8. The zero-order valence-electron chi connectivity index (χ0n) is 22.7. The van der Waals surface area contributed by atoms with E-state index >= 15 is 4.39 Å². The van der Waals surface area contributed by atoms with Crippen LogP contribution in [0, 0.1) is 16.6 Å². The van der Waals surface area contributed by atoms with E-state index in [1.165, 1.54) is 19.5 Å². The summed E-state index contributed by atoms with van der Waals surface area (Å²) in [5.74, 6) is 0.768. The fourth-order valence-corrected chi connectivity index (χ4v) is 6.21. The molecule has 0 spiro atoms. The molecule has 0 saturated carbocycles. The first kappa shape index (κ1) is 25.3. The summed E-state index contributed by atoms with van der Waals surface area (Å²) in [5.41, 5.74) is 3.71. The molecule has 5 rings (SSSR count). The molecule has 1 aromatic carbocycles. The second-order valence-electron chi connectivity index (χ2n) is 12.6. The Morgan fingerprint density at radius 3 is 2.62 bits per heavy atom. The van der Waals surface area contributed by atoms with Gasteiger partial charge < -0.3 is 10.1 Å². The van der Waals surface area contributed by atoms with Crippen molar-refractivity contribution in [3.05, 3.63) is 70.7 Å². The summed E-state index contributed by atoms with van der Waals surface area (Å²) in [7, 11) is 1.51. The molecule has 2 aromatic rings. The Morgan fingerprint density at radius 2 is 1.92 bits per heavy atom. The number of pyridine rings is 1. The van der Waals surface area contributed by atoms with E-state index in [4.69, 9.17) is 9.85 Å². The lowest BCUT2D eigenvalue weighted by atomic mass is 9.59. The number of carbonyl (C=O) groups is 1. The molecule has 3 aliphatic rings. The van der Waals surface area contributed by atoms with Gasteiger partial charge in [-0.15, -0.1) is 5.11 Å². The van der Waals surface area contributed by atoms with E-state index in [9.17, 15) is 4.79 Å². The maximum atomic E-state index is 15.0. The highest BCUT2D eigenvalue weighted by molar-refractivity contribution is 6.01. The average molecular weight is 503 g/mol. The molecule has 0 saturated heterocycles. The Bertz CT molecular complexity index is 1380. The van der Waals surface area contributed by atoms with Gasteiger partial charge >= 0.3 is 0 Å². The number of halogens is 1. The van der Waals surface area contributed by atoms with E-state index in [0.29, 0.717) is 23.3 Å². The number of hydrogen-bond acceptors (Lipinski definition) is 6. The van der Waals surface area contributed by atoms with Gasteiger partial charge in [-0.25, -0.2) is 4.39 Å². The molecule has 37 heavy (non-hydrogen) atoms. The number of carbonyl (C=O) groups excluding carboxylic acids is 1. The molecule has 3 heterocycles. The molecule has 7 heteroatoms. The van der Waals surface area contributed by atoms with Crippen LogP contribution in [0.2, 0.25) is 0 Å². The number of nitrogens with zero attached hydrogens (tertiary/aromatic N) is 3. The van der Waals surface area contributed by atoms with Crippen LogP contribution in [0.1, 0.15) is 66.4 Å². The van der Waals surface area contributed by atoms with Gasteiger partial charge in [0.2, 0.25) is 0 Å². The summed E-state index contributed by atoms with van der Waals surface area (Å²) >= 11 is 0. The van der Waals surface area contributed by atoms with E-state index in [-0.39, 0.29) is 22.7 Å². The topological polar surface area (TPSA) is 75.9 Å². The van der Waals surface area contributed by atoms with Crippen molar-refractivity contribution in [2.45, 2.75) is 72.3 Å². The van der Waals surface area contributed by atoms with Crippen molar-refractivity contribution in [1.82, 2.24) is 10.3 Å². The molecule has 6 nitrogen and oxygen atoms in total. The number of methoxy groups -OCH3 is 1. The van der Waals surface area contributed by atoms with Gasteiger partial charge in [0.25, 0.3) is 0 Å². The van der Waals surface area contributed by atoms with Crippen LogP contribution < -0.4 is 10.1 Å². The molecule has 1 aromatic heterocycles. The second kappa shape index (κ2) is 8.61. The molecule has 0 bridgehead atoms. The molecule has 1 N–H and O–H groups in total. The maximum Gasteiger partial charge on any atom is 0.162 e. The van der Waals surface area contributed by atoms with Crippen LogP contribution in [0.5, 0.6) is 5.75 Å². The molecule has 0 fully saturated rings. The van der Waals surface area contributed by atoms with Crippen molar-refractivity contribution in [2.24, 2.45) is 21.1 Å². The van der Waals surface area contributed by atoms with E-state index in [1.54, 1.807) is 0 Å². The number of allylic oxidation sites excluding steroid dienone is 2. The summed E-state index contributed by atoms with van der Waals surface area (Å²) in [4.78, 5) is 17.8. The molecule has 194 valence electrons. The van der Waals surface area contributed by atoms with Crippen LogP contribution in [0.15, 0.2) is 69.6 Å². The Kier molecular flexibility index (Phi) is 5.89. The molecule has 0 radical (unpaired) electrons. The quantitative estimate of drug-likeness (QED) is 0.494. The van der Waals surface area contributed by atoms with Gasteiger partial charge in [0.1, 0.15) is 5.75 Å². The predicted molar refractivity (Wildman–Crippen MR) is 141 cm³/mol. The molecule has 1 aliphatic carbocycles. The minimum Gasteiger partial charge on any atom is -0.494 e. The third-order valence-electron chi connectivity index (χ3n) is 7.69. The van der Waals surface area contributed by atoms with Crippen LogP contribution in [-0.2, 0) is 10.2 Å². The largest absolute Gasteiger partial charge is 0.494 e. The fourth-order valence-electron chi connectivity index (χ4n) is 6.21. The molecule has 2 aliphatic heterocycles. The van der Waals surface area contributed by atoms with Gasteiger partial charge in [-0.2, -0.15) is 5.11 Å². The van der Waals surface area contributed by atoms with E-state index in [0.717, 1.165) is 41.1 Å². The van der Waals surface area contributed by atoms with Crippen molar-refractivity contribution in [3.63, 3.8) is 0 Å².